The first-order valence-electron chi connectivity index (χ1n) is 4.06. The second-order valence-corrected chi connectivity index (χ2v) is 3.50. The Labute approximate surface area is 75.2 Å². The van der Waals surface area contributed by atoms with Gasteiger partial charge >= 0.3 is 0 Å². The van der Waals surface area contributed by atoms with E-state index < -0.39 is 5.41 Å². The fourth-order valence-electron chi connectivity index (χ4n) is 1.38. The zero-order valence-electron chi connectivity index (χ0n) is 7.36. The van der Waals surface area contributed by atoms with Crippen molar-refractivity contribution in [2.45, 2.75) is 18.4 Å². The molecule has 1 saturated heterocycles. The molecule has 2 rings (SSSR count). The van der Waals surface area contributed by atoms with Crippen molar-refractivity contribution >= 4 is 5.95 Å². The van der Waals surface area contributed by atoms with Crippen molar-refractivity contribution in [2.24, 2.45) is 5.73 Å². The molecule has 0 spiro atoms. The van der Waals surface area contributed by atoms with Crippen LogP contribution in [0.1, 0.15) is 12.8 Å². The molecule has 0 amide bonds. The van der Waals surface area contributed by atoms with Crippen molar-refractivity contribution in [1.29, 1.82) is 0 Å². The normalized spacial score (nSPS) is 33.8. The molecule has 6 heteroatoms. The van der Waals surface area contributed by atoms with Gasteiger partial charge in [0, 0.05) is 6.04 Å². The van der Waals surface area contributed by atoms with Gasteiger partial charge in [0.25, 0.3) is 5.95 Å². The third-order valence-electron chi connectivity index (χ3n) is 2.45. The summed E-state index contributed by atoms with van der Waals surface area (Å²) in [5, 5.41) is 3.52. The topological polar surface area (TPSA) is 100 Å². The van der Waals surface area contributed by atoms with Crippen LogP contribution in [0.25, 0.3) is 0 Å². The van der Waals surface area contributed by atoms with Gasteiger partial charge in [0.1, 0.15) is 0 Å². The number of aromatic nitrogens is 2. The van der Waals surface area contributed by atoms with E-state index in [1.807, 2.05) is 6.92 Å². The van der Waals surface area contributed by atoms with Crippen LogP contribution in [-0.2, 0) is 10.2 Å². The summed E-state index contributed by atoms with van der Waals surface area (Å²) in [5.74, 6) is 0.588. The van der Waals surface area contributed by atoms with E-state index in [1.165, 1.54) is 0 Å². The maximum atomic E-state index is 5.86. The average Bonchev–Trinajstić information content (AvgIpc) is 2.62. The molecular weight excluding hydrogens is 172 g/mol. The lowest BCUT2D eigenvalue weighted by Crippen LogP contribution is -2.42. The van der Waals surface area contributed by atoms with Crippen molar-refractivity contribution in [3.63, 3.8) is 0 Å². The number of hydrogen-bond donors (Lipinski definition) is 2. The van der Waals surface area contributed by atoms with Crippen molar-refractivity contribution in [3.05, 3.63) is 5.89 Å². The second kappa shape index (κ2) is 2.68. The highest BCUT2D eigenvalue weighted by Crippen LogP contribution is 2.30. The van der Waals surface area contributed by atoms with Crippen molar-refractivity contribution in [1.82, 2.24) is 10.1 Å². The lowest BCUT2D eigenvalue weighted by Gasteiger charge is -2.21. The molecule has 1 aliphatic heterocycles. The highest BCUT2D eigenvalue weighted by atomic mass is 16.5. The molecule has 72 valence electrons. The van der Waals surface area contributed by atoms with E-state index in [1.54, 1.807) is 0 Å². The summed E-state index contributed by atoms with van der Waals surface area (Å²) in [6.07, 6.45) is 0. The molecule has 2 atom stereocenters. The Kier molecular flexibility index (Phi) is 1.74. The van der Waals surface area contributed by atoms with Crippen LogP contribution in [0.2, 0.25) is 0 Å². The van der Waals surface area contributed by atoms with Gasteiger partial charge in [0.15, 0.2) is 0 Å². The molecule has 2 unspecified atom stereocenters. The first kappa shape index (κ1) is 8.46. The van der Waals surface area contributed by atoms with E-state index in [0.29, 0.717) is 19.1 Å². The number of rotatable bonds is 1. The van der Waals surface area contributed by atoms with Gasteiger partial charge < -0.3 is 20.7 Å². The Balaban J connectivity index is 2.33. The van der Waals surface area contributed by atoms with E-state index in [-0.39, 0.29) is 12.0 Å². The Bertz CT molecular complexity index is 313. The van der Waals surface area contributed by atoms with Gasteiger partial charge in [0.2, 0.25) is 5.89 Å². The maximum absolute atomic E-state index is 5.86. The fraction of sp³-hybridized carbons (Fsp3) is 0.714. The molecule has 1 aromatic rings. The highest BCUT2D eigenvalue weighted by Gasteiger charge is 2.44. The van der Waals surface area contributed by atoms with E-state index in [2.05, 4.69) is 10.1 Å². The first-order chi connectivity index (χ1) is 6.13. The van der Waals surface area contributed by atoms with Gasteiger partial charge in [-0.05, 0) is 12.1 Å². The summed E-state index contributed by atoms with van der Waals surface area (Å²) in [5.41, 5.74) is 10.8. The quantitative estimate of drug-likeness (QED) is 0.596. The van der Waals surface area contributed by atoms with Gasteiger partial charge in [-0.3, -0.25) is 0 Å². The summed E-state index contributed by atoms with van der Waals surface area (Å²) in [6.45, 7) is 2.94. The molecule has 0 aliphatic carbocycles. The summed E-state index contributed by atoms with van der Waals surface area (Å²) in [7, 11) is 0. The molecule has 1 fully saturated rings. The Morgan fingerprint density at radius 3 is 2.85 bits per heavy atom. The van der Waals surface area contributed by atoms with Crippen LogP contribution in [-0.4, -0.2) is 29.4 Å². The number of anilines is 1. The molecule has 4 N–H and O–H groups in total. The molecule has 2 heterocycles. The molecule has 1 aliphatic rings. The third-order valence-corrected chi connectivity index (χ3v) is 2.45. The van der Waals surface area contributed by atoms with E-state index >= 15 is 0 Å². The Morgan fingerprint density at radius 1 is 1.62 bits per heavy atom. The van der Waals surface area contributed by atoms with Crippen LogP contribution in [0.3, 0.4) is 0 Å². The van der Waals surface area contributed by atoms with Crippen LogP contribution < -0.4 is 11.5 Å². The number of nitrogen functional groups attached to an aromatic ring is 1. The van der Waals surface area contributed by atoms with Gasteiger partial charge in [-0.25, -0.2) is 0 Å². The summed E-state index contributed by atoms with van der Waals surface area (Å²) in [4.78, 5) is 3.95. The van der Waals surface area contributed by atoms with Crippen molar-refractivity contribution in [3.8, 4) is 0 Å². The van der Waals surface area contributed by atoms with Gasteiger partial charge in [-0.2, -0.15) is 4.98 Å². The van der Waals surface area contributed by atoms with Crippen LogP contribution in [0.15, 0.2) is 4.52 Å². The molecule has 0 saturated carbocycles. The standard InChI is InChI=1S/C7H12N4O2/c1-7(3-12-2-4(7)8)5-10-6(9)11-13-5/h4H,2-3,8H2,1H3,(H2,9,11). The Hall–Kier alpha value is -1.14. The third kappa shape index (κ3) is 1.18. The largest absolute Gasteiger partial charge is 0.379 e. The summed E-state index contributed by atoms with van der Waals surface area (Å²) >= 11 is 0. The monoisotopic (exact) mass is 184 g/mol. The van der Waals surface area contributed by atoms with E-state index in [4.69, 9.17) is 20.7 Å². The van der Waals surface area contributed by atoms with Crippen molar-refractivity contribution < 1.29 is 9.26 Å². The zero-order chi connectivity index (χ0) is 9.47. The van der Waals surface area contributed by atoms with E-state index in [0.717, 1.165) is 0 Å². The number of hydrogen-bond acceptors (Lipinski definition) is 6. The lowest BCUT2D eigenvalue weighted by molar-refractivity contribution is 0.169. The minimum absolute atomic E-state index is 0.118. The fourth-order valence-corrected chi connectivity index (χ4v) is 1.38. The predicted octanol–water partition coefficient (Wildman–Crippen LogP) is -0.733. The molecule has 0 bridgehead atoms. The molecule has 0 radical (unpaired) electrons. The van der Waals surface area contributed by atoms with Crippen LogP contribution in [0.4, 0.5) is 5.95 Å². The molecular formula is C7H12N4O2. The summed E-state index contributed by atoms with van der Waals surface area (Å²) < 4.78 is 10.2. The molecule has 1 aromatic heterocycles. The summed E-state index contributed by atoms with van der Waals surface area (Å²) in [6, 6.07) is -0.118. The van der Waals surface area contributed by atoms with Crippen LogP contribution in [0.5, 0.6) is 0 Å². The Morgan fingerprint density at radius 2 is 2.38 bits per heavy atom. The molecule has 6 nitrogen and oxygen atoms in total. The average molecular weight is 184 g/mol. The molecule has 0 aromatic carbocycles. The minimum atomic E-state index is -0.398. The lowest BCUT2D eigenvalue weighted by atomic mass is 9.86. The van der Waals surface area contributed by atoms with Crippen LogP contribution >= 0.6 is 0 Å². The minimum Gasteiger partial charge on any atom is -0.379 e. The zero-order valence-corrected chi connectivity index (χ0v) is 7.36. The number of ether oxygens (including phenoxy) is 1. The number of nitrogens with zero attached hydrogens (tertiary/aromatic N) is 2. The number of nitrogens with two attached hydrogens (primary N) is 2. The second-order valence-electron chi connectivity index (χ2n) is 3.50. The maximum Gasteiger partial charge on any atom is 0.260 e. The van der Waals surface area contributed by atoms with Crippen LogP contribution in [0, 0.1) is 0 Å². The first-order valence-corrected chi connectivity index (χ1v) is 4.06. The smallest absolute Gasteiger partial charge is 0.260 e. The van der Waals surface area contributed by atoms with Gasteiger partial charge in [-0.15, -0.1) is 0 Å². The SMILES string of the molecule is CC1(c2nc(N)no2)COCC1N. The van der Waals surface area contributed by atoms with Gasteiger partial charge in [-0.1, -0.05) is 0 Å². The van der Waals surface area contributed by atoms with E-state index in [9.17, 15) is 0 Å². The predicted molar refractivity (Wildman–Crippen MR) is 44.9 cm³/mol. The van der Waals surface area contributed by atoms with Gasteiger partial charge in [0.05, 0.1) is 18.6 Å². The molecule has 13 heavy (non-hydrogen) atoms. The van der Waals surface area contributed by atoms with Crippen molar-refractivity contribution in [2.75, 3.05) is 18.9 Å². The highest BCUT2D eigenvalue weighted by molar-refractivity contribution is 5.18.